The fourth-order valence-electron chi connectivity index (χ4n) is 2.92. The SMILES string of the molecule is CC(NC(N)=O)C(=O)N(C)C1(CC(=O)O)CCCCC1. The average molecular weight is 285 g/mol. The van der Waals surface area contributed by atoms with Gasteiger partial charge in [0.2, 0.25) is 5.91 Å². The Bertz CT molecular complexity index is 391. The van der Waals surface area contributed by atoms with Crippen LogP contribution in [0.5, 0.6) is 0 Å². The van der Waals surface area contributed by atoms with Crippen LogP contribution in [0, 0.1) is 0 Å². The largest absolute Gasteiger partial charge is 0.481 e. The summed E-state index contributed by atoms with van der Waals surface area (Å²) in [7, 11) is 1.61. The highest BCUT2D eigenvalue weighted by atomic mass is 16.4. The molecule has 0 heterocycles. The summed E-state index contributed by atoms with van der Waals surface area (Å²) in [5.74, 6) is -1.23. The Hall–Kier alpha value is -1.79. The predicted octanol–water partition coefficient (Wildman–Crippen LogP) is 0.679. The fourth-order valence-corrected chi connectivity index (χ4v) is 2.92. The lowest BCUT2D eigenvalue weighted by molar-refractivity contribution is -0.146. The molecule has 1 aliphatic rings. The van der Waals surface area contributed by atoms with Gasteiger partial charge in [0.1, 0.15) is 6.04 Å². The third-order valence-electron chi connectivity index (χ3n) is 4.04. The number of hydrogen-bond donors (Lipinski definition) is 3. The van der Waals surface area contributed by atoms with Crippen LogP contribution in [0.4, 0.5) is 4.79 Å². The van der Waals surface area contributed by atoms with Crippen LogP contribution >= 0.6 is 0 Å². The number of nitrogens with one attached hydrogen (secondary N) is 1. The third-order valence-corrected chi connectivity index (χ3v) is 4.04. The maximum Gasteiger partial charge on any atom is 0.312 e. The summed E-state index contributed by atoms with van der Waals surface area (Å²) in [5.41, 5.74) is 4.35. The zero-order valence-corrected chi connectivity index (χ0v) is 12.0. The van der Waals surface area contributed by atoms with Gasteiger partial charge in [-0.2, -0.15) is 0 Å². The van der Waals surface area contributed by atoms with Crippen molar-refractivity contribution in [2.45, 2.75) is 57.0 Å². The van der Waals surface area contributed by atoms with Gasteiger partial charge in [-0.25, -0.2) is 4.79 Å². The molecule has 7 heteroatoms. The molecule has 0 bridgehead atoms. The molecule has 4 N–H and O–H groups in total. The number of carbonyl (C=O) groups excluding carboxylic acids is 2. The number of primary amides is 1. The minimum absolute atomic E-state index is 0.0709. The fraction of sp³-hybridized carbons (Fsp3) is 0.769. The maximum atomic E-state index is 12.3. The molecule has 0 aromatic heterocycles. The second-order valence-electron chi connectivity index (χ2n) is 5.48. The molecule has 1 rings (SSSR count). The second-order valence-corrected chi connectivity index (χ2v) is 5.48. The highest BCUT2D eigenvalue weighted by Gasteiger charge is 2.41. The van der Waals surface area contributed by atoms with Crippen molar-refractivity contribution in [3.8, 4) is 0 Å². The molecule has 0 aromatic rings. The number of carboxylic acid groups (broad SMARTS) is 1. The summed E-state index contributed by atoms with van der Waals surface area (Å²) in [5, 5.41) is 11.5. The number of likely N-dealkylation sites (N-methyl/N-ethyl adjacent to an activating group) is 1. The molecule has 20 heavy (non-hydrogen) atoms. The molecule has 1 atom stereocenters. The van der Waals surface area contributed by atoms with Crippen LogP contribution in [0.1, 0.15) is 45.4 Å². The number of nitrogens with two attached hydrogens (primary N) is 1. The van der Waals surface area contributed by atoms with Crippen molar-refractivity contribution in [2.24, 2.45) is 5.73 Å². The van der Waals surface area contributed by atoms with E-state index in [0.29, 0.717) is 12.8 Å². The molecule has 0 radical (unpaired) electrons. The van der Waals surface area contributed by atoms with Crippen molar-refractivity contribution < 1.29 is 19.5 Å². The van der Waals surface area contributed by atoms with Crippen LogP contribution in [0.3, 0.4) is 0 Å². The lowest BCUT2D eigenvalue weighted by Gasteiger charge is -2.44. The van der Waals surface area contributed by atoms with Gasteiger partial charge in [0.05, 0.1) is 12.0 Å². The summed E-state index contributed by atoms with van der Waals surface area (Å²) >= 11 is 0. The van der Waals surface area contributed by atoms with E-state index >= 15 is 0 Å². The van der Waals surface area contributed by atoms with Crippen molar-refractivity contribution in [2.75, 3.05) is 7.05 Å². The monoisotopic (exact) mass is 285 g/mol. The molecule has 0 spiro atoms. The minimum Gasteiger partial charge on any atom is -0.481 e. The lowest BCUT2D eigenvalue weighted by Crippen LogP contribution is -2.57. The van der Waals surface area contributed by atoms with Crippen molar-refractivity contribution in [3.63, 3.8) is 0 Å². The van der Waals surface area contributed by atoms with Crippen LogP contribution in [-0.2, 0) is 9.59 Å². The van der Waals surface area contributed by atoms with Gasteiger partial charge in [-0.1, -0.05) is 19.3 Å². The Balaban J connectivity index is 2.86. The Morgan fingerprint density at radius 2 is 1.85 bits per heavy atom. The zero-order chi connectivity index (χ0) is 15.3. The number of carbonyl (C=O) groups is 3. The van der Waals surface area contributed by atoms with E-state index in [-0.39, 0.29) is 12.3 Å². The van der Waals surface area contributed by atoms with Gasteiger partial charge in [0, 0.05) is 7.05 Å². The first-order valence-corrected chi connectivity index (χ1v) is 6.84. The Morgan fingerprint density at radius 3 is 2.30 bits per heavy atom. The predicted molar refractivity (Wildman–Crippen MR) is 73.0 cm³/mol. The Kier molecular flexibility index (Phi) is 5.35. The minimum atomic E-state index is -0.915. The first kappa shape index (κ1) is 16.3. The summed E-state index contributed by atoms with van der Waals surface area (Å²) in [6.45, 7) is 1.54. The van der Waals surface area contributed by atoms with Crippen LogP contribution in [0.15, 0.2) is 0 Å². The van der Waals surface area contributed by atoms with E-state index in [9.17, 15) is 14.4 Å². The highest BCUT2D eigenvalue weighted by Crippen LogP contribution is 2.36. The highest BCUT2D eigenvalue weighted by molar-refractivity contribution is 5.87. The molecular weight excluding hydrogens is 262 g/mol. The molecule has 1 aliphatic carbocycles. The van der Waals surface area contributed by atoms with E-state index in [1.54, 1.807) is 14.0 Å². The molecule has 1 saturated carbocycles. The molecule has 0 aromatic carbocycles. The van der Waals surface area contributed by atoms with Gasteiger partial charge in [-0.05, 0) is 19.8 Å². The Morgan fingerprint density at radius 1 is 1.30 bits per heavy atom. The zero-order valence-electron chi connectivity index (χ0n) is 12.0. The summed E-state index contributed by atoms with van der Waals surface area (Å²) < 4.78 is 0. The Labute approximate surface area is 118 Å². The summed E-state index contributed by atoms with van der Waals surface area (Å²) in [6.07, 6.45) is 4.14. The molecule has 1 fully saturated rings. The average Bonchev–Trinajstić information content (AvgIpc) is 2.36. The molecule has 1 unspecified atom stereocenters. The van der Waals surface area contributed by atoms with E-state index in [4.69, 9.17) is 10.8 Å². The number of carboxylic acids is 1. The normalized spacial score (nSPS) is 18.9. The third kappa shape index (κ3) is 3.85. The molecule has 7 nitrogen and oxygen atoms in total. The van der Waals surface area contributed by atoms with E-state index in [2.05, 4.69) is 5.32 Å². The lowest BCUT2D eigenvalue weighted by atomic mass is 9.78. The molecule has 0 aliphatic heterocycles. The van der Waals surface area contributed by atoms with E-state index < -0.39 is 23.6 Å². The van der Waals surface area contributed by atoms with Crippen LogP contribution in [0.2, 0.25) is 0 Å². The number of hydrogen-bond acceptors (Lipinski definition) is 3. The first-order valence-electron chi connectivity index (χ1n) is 6.84. The van der Waals surface area contributed by atoms with Crippen LogP contribution < -0.4 is 11.1 Å². The standard InChI is InChI=1S/C13H23N3O4/c1-9(15-12(14)20)11(19)16(2)13(8-10(17)18)6-4-3-5-7-13/h9H,3-8H2,1-2H3,(H,17,18)(H3,14,15,20). The molecule has 114 valence electrons. The van der Waals surface area contributed by atoms with Crippen molar-refractivity contribution in [1.29, 1.82) is 0 Å². The van der Waals surface area contributed by atoms with Crippen molar-refractivity contribution >= 4 is 17.9 Å². The second kappa shape index (κ2) is 6.58. The van der Waals surface area contributed by atoms with Gasteiger partial charge in [0.25, 0.3) is 0 Å². The smallest absolute Gasteiger partial charge is 0.312 e. The number of amides is 3. The van der Waals surface area contributed by atoms with E-state index in [0.717, 1.165) is 19.3 Å². The van der Waals surface area contributed by atoms with Gasteiger partial charge in [0.15, 0.2) is 0 Å². The first-order chi connectivity index (χ1) is 9.28. The number of urea groups is 1. The van der Waals surface area contributed by atoms with Crippen molar-refractivity contribution in [3.05, 3.63) is 0 Å². The topological polar surface area (TPSA) is 113 Å². The summed E-state index contributed by atoms with van der Waals surface area (Å²) in [6, 6.07) is -1.53. The van der Waals surface area contributed by atoms with Gasteiger partial charge in [-0.3, -0.25) is 9.59 Å². The van der Waals surface area contributed by atoms with Gasteiger partial charge < -0.3 is 21.1 Å². The number of aliphatic carboxylic acids is 1. The van der Waals surface area contributed by atoms with E-state index in [1.165, 1.54) is 4.90 Å². The quantitative estimate of drug-likeness (QED) is 0.689. The van der Waals surface area contributed by atoms with Crippen LogP contribution in [0.25, 0.3) is 0 Å². The van der Waals surface area contributed by atoms with Crippen LogP contribution in [-0.4, -0.2) is 46.5 Å². The maximum absolute atomic E-state index is 12.3. The molecular formula is C13H23N3O4. The number of nitrogens with zero attached hydrogens (tertiary/aromatic N) is 1. The molecule has 0 saturated heterocycles. The molecule has 3 amide bonds. The summed E-state index contributed by atoms with van der Waals surface area (Å²) in [4.78, 5) is 35.8. The van der Waals surface area contributed by atoms with Crippen molar-refractivity contribution in [1.82, 2.24) is 10.2 Å². The van der Waals surface area contributed by atoms with Gasteiger partial charge >= 0.3 is 12.0 Å². The number of rotatable bonds is 5. The van der Waals surface area contributed by atoms with E-state index in [1.807, 2.05) is 0 Å². The van der Waals surface area contributed by atoms with Gasteiger partial charge in [-0.15, -0.1) is 0 Å².